The Bertz CT molecular complexity index is 168. The van der Waals surface area contributed by atoms with Gasteiger partial charge in [-0.05, 0) is 5.22 Å². The standard InChI is InChI=1S/C5H8N4/c1-4(2-6-1)5-3-7-9-8-5/h4,6H,1-3H2. The molecular weight excluding hydrogens is 116 g/mol. The van der Waals surface area contributed by atoms with E-state index >= 15 is 0 Å². The molecule has 4 nitrogen and oxygen atoms in total. The lowest BCUT2D eigenvalue weighted by Crippen LogP contribution is -2.46. The molecule has 0 aliphatic carbocycles. The van der Waals surface area contributed by atoms with Crippen molar-refractivity contribution in [3.05, 3.63) is 0 Å². The van der Waals surface area contributed by atoms with Gasteiger partial charge in [-0.3, -0.25) is 0 Å². The molecular formula is C5H8N4. The Labute approximate surface area is 53.0 Å². The Morgan fingerprint density at radius 3 is 2.78 bits per heavy atom. The molecule has 0 atom stereocenters. The lowest BCUT2D eigenvalue weighted by Gasteiger charge is -2.25. The molecule has 0 aromatic rings. The van der Waals surface area contributed by atoms with E-state index in [0.717, 1.165) is 25.3 Å². The van der Waals surface area contributed by atoms with Crippen molar-refractivity contribution in [2.45, 2.75) is 0 Å². The van der Waals surface area contributed by atoms with E-state index in [2.05, 4.69) is 20.8 Å². The van der Waals surface area contributed by atoms with Crippen LogP contribution in [0.1, 0.15) is 0 Å². The minimum atomic E-state index is 0.625. The molecule has 2 aliphatic rings. The normalized spacial score (nSPS) is 26.0. The molecule has 0 amide bonds. The van der Waals surface area contributed by atoms with Gasteiger partial charge in [0.2, 0.25) is 0 Å². The second kappa shape index (κ2) is 1.88. The average molecular weight is 124 g/mol. The summed E-state index contributed by atoms with van der Waals surface area (Å²) in [6, 6.07) is 0. The second-order valence-electron chi connectivity index (χ2n) is 2.34. The van der Waals surface area contributed by atoms with E-state index in [-0.39, 0.29) is 0 Å². The van der Waals surface area contributed by atoms with Gasteiger partial charge in [0.05, 0.1) is 5.71 Å². The van der Waals surface area contributed by atoms with Crippen molar-refractivity contribution in [1.29, 1.82) is 0 Å². The summed E-state index contributed by atoms with van der Waals surface area (Å²) in [5.41, 5.74) is 1.15. The van der Waals surface area contributed by atoms with Crippen molar-refractivity contribution in [1.82, 2.24) is 5.32 Å². The van der Waals surface area contributed by atoms with E-state index in [1.54, 1.807) is 0 Å². The predicted octanol–water partition coefficient (Wildman–Crippen LogP) is 0.0276. The van der Waals surface area contributed by atoms with Crippen LogP contribution in [-0.4, -0.2) is 25.3 Å². The molecule has 2 rings (SSSR count). The van der Waals surface area contributed by atoms with Gasteiger partial charge in [-0.1, -0.05) is 0 Å². The molecule has 4 heteroatoms. The molecule has 2 heterocycles. The molecule has 1 saturated heterocycles. The minimum absolute atomic E-state index is 0.625. The fourth-order valence-corrected chi connectivity index (χ4v) is 0.960. The van der Waals surface area contributed by atoms with E-state index in [4.69, 9.17) is 0 Å². The predicted molar refractivity (Wildman–Crippen MR) is 33.5 cm³/mol. The number of nitrogens with zero attached hydrogens (tertiary/aromatic N) is 3. The third-order valence-corrected chi connectivity index (χ3v) is 1.72. The zero-order valence-electron chi connectivity index (χ0n) is 5.04. The van der Waals surface area contributed by atoms with Crippen LogP contribution in [0.15, 0.2) is 15.4 Å². The van der Waals surface area contributed by atoms with Gasteiger partial charge in [-0.25, -0.2) is 0 Å². The highest BCUT2D eigenvalue weighted by Crippen LogP contribution is 2.09. The van der Waals surface area contributed by atoms with Crippen molar-refractivity contribution < 1.29 is 0 Å². The Morgan fingerprint density at radius 1 is 1.44 bits per heavy atom. The van der Waals surface area contributed by atoms with Gasteiger partial charge in [0.15, 0.2) is 0 Å². The van der Waals surface area contributed by atoms with Crippen LogP contribution in [0.5, 0.6) is 0 Å². The molecule has 0 saturated carbocycles. The summed E-state index contributed by atoms with van der Waals surface area (Å²) >= 11 is 0. The summed E-state index contributed by atoms with van der Waals surface area (Å²) < 4.78 is 0. The van der Waals surface area contributed by atoms with E-state index < -0.39 is 0 Å². The van der Waals surface area contributed by atoms with Crippen LogP contribution in [0.25, 0.3) is 0 Å². The van der Waals surface area contributed by atoms with E-state index in [0.29, 0.717) is 5.92 Å². The molecule has 0 unspecified atom stereocenters. The first-order valence-corrected chi connectivity index (χ1v) is 3.11. The maximum Gasteiger partial charge on any atom is 0.103 e. The lowest BCUT2D eigenvalue weighted by atomic mass is 9.98. The Hall–Kier alpha value is -0.770. The van der Waals surface area contributed by atoms with Gasteiger partial charge < -0.3 is 5.32 Å². The van der Waals surface area contributed by atoms with Crippen LogP contribution in [0, 0.1) is 5.92 Å². The summed E-state index contributed by atoms with van der Waals surface area (Å²) in [5, 5.41) is 14.4. The zero-order valence-corrected chi connectivity index (χ0v) is 5.04. The molecule has 0 bridgehead atoms. The topological polar surface area (TPSA) is 49.1 Å². The minimum Gasteiger partial charge on any atom is -0.315 e. The highest BCUT2D eigenvalue weighted by Gasteiger charge is 2.24. The molecule has 2 aliphatic heterocycles. The van der Waals surface area contributed by atoms with Gasteiger partial charge >= 0.3 is 0 Å². The summed E-state index contributed by atoms with van der Waals surface area (Å²) in [6.45, 7) is 2.85. The maximum absolute atomic E-state index is 3.89. The highest BCUT2D eigenvalue weighted by molar-refractivity contribution is 5.90. The van der Waals surface area contributed by atoms with Gasteiger partial charge in [0.25, 0.3) is 0 Å². The Balaban J connectivity index is 1.98. The van der Waals surface area contributed by atoms with E-state index in [1.807, 2.05) is 0 Å². The largest absolute Gasteiger partial charge is 0.315 e. The van der Waals surface area contributed by atoms with E-state index in [9.17, 15) is 0 Å². The molecule has 0 aromatic heterocycles. The van der Waals surface area contributed by atoms with Crippen molar-refractivity contribution in [2.24, 2.45) is 21.4 Å². The van der Waals surface area contributed by atoms with Gasteiger partial charge in [0.1, 0.15) is 6.54 Å². The number of nitrogens with one attached hydrogen (secondary N) is 1. The second-order valence-corrected chi connectivity index (χ2v) is 2.34. The molecule has 48 valence electrons. The first kappa shape index (κ1) is 5.05. The fraction of sp³-hybridized carbons (Fsp3) is 0.800. The smallest absolute Gasteiger partial charge is 0.103 e. The summed E-state index contributed by atoms with van der Waals surface area (Å²) in [4.78, 5) is 0. The zero-order chi connectivity index (χ0) is 6.10. The van der Waals surface area contributed by atoms with Crippen molar-refractivity contribution in [3.8, 4) is 0 Å². The molecule has 9 heavy (non-hydrogen) atoms. The van der Waals surface area contributed by atoms with Crippen molar-refractivity contribution >= 4 is 5.71 Å². The van der Waals surface area contributed by atoms with Crippen LogP contribution < -0.4 is 5.32 Å². The van der Waals surface area contributed by atoms with Crippen molar-refractivity contribution in [3.63, 3.8) is 0 Å². The van der Waals surface area contributed by atoms with Gasteiger partial charge in [-0.15, -0.1) is 5.10 Å². The lowest BCUT2D eigenvalue weighted by molar-refractivity contribution is 0.441. The Kier molecular flexibility index (Phi) is 1.05. The average Bonchev–Trinajstić information content (AvgIpc) is 2.11. The summed E-state index contributed by atoms with van der Waals surface area (Å²) in [5.74, 6) is 0.625. The Morgan fingerprint density at radius 2 is 2.33 bits per heavy atom. The highest BCUT2D eigenvalue weighted by atomic mass is 15.4. The number of hydrogen-bond donors (Lipinski definition) is 1. The maximum atomic E-state index is 3.89. The van der Waals surface area contributed by atoms with Crippen molar-refractivity contribution in [2.75, 3.05) is 19.6 Å². The summed E-state index contributed by atoms with van der Waals surface area (Å²) in [7, 11) is 0. The van der Waals surface area contributed by atoms with E-state index in [1.165, 1.54) is 0 Å². The SMILES string of the molecule is C1N=NN=C1C1CNC1. The van der Waals surface area contributed by atoms with Crippen LogP contribution in [-0.2, 0) is 0 Å². The monoisotopic (exact) mass is 124 g/mol. The third-order valence-electron chi connectivity index (χ3n) is 1.72. The third kappa shape index (κ3) is 0.751. The molecule has 0 radical (unpaired) electrons. The quantitative estimate of drug-likeness (QED) is 0.526. The molecule has 0 spiro atoms. The number of rotatable bonds is 1. The first-order chi connectivity index (χ1) is 4.47. The molecule has 0 aromatic carbocycles. The summed E-state index contributed by atoms with van der Waals surface area (Å²) in [6.07, 6.45) is 0. The number of hydrogen-bond acceptors (Lipinski definition) is 4. The van der Waals surface area contributed by atoms with Crippen LogP contribution in [0.3, 0.4) is 0 Å². The van der Waals surface area contributed by atoms with Crippen LogP contribution in [0.2, 0.25) is 0 Å². The fourth-order valence-electron chi connectivity index (χ4n) is 0.960. The van der Waals surface area contributed by atoms with Crippen LogP contribution in [0.4, 0.5) is 0 Å². The molecule has 1 fully saturated rings. The first-order valence-electron chi connectivity index (χ1n) is 3.11. The molecule has 1 N–H and O–H groups in total. The van der Waals surface area contributed by atoms with Gasteiger partial charge in [0, 0.05) is 19.0 Å². The van der Waals surface area contributed by atoms with Gasteiger partial charge in [-0.2, -0.15) is 5.11 Å². The van der Waals surface area contributed by atoms with Crippen LogP contribution >= 0.6 is 0 Å².